The monoisotopic (exact) mass is 404 g/mol. The number of pyridine rings is 2. The number of carbonyl (C=O) groups is 1. The highest BCUT2D eigenvalue weighted by Gasteiger charge is 2.21. The van der Waals surface area contributed by atoms with Gasteiger partial charge in [-0.3, -0.25) is 9.78 Å². The molecule has 1 saturated heterocycles. The summed E-state index contributed by atoms with van der Waals surface area (Å²) in [5.74, 6) is 0.0276. The topological polar surface area (TPSA) is 110 Å². The summed E-state index contributed by atoms with van der Waals surface area (Å²) in [5, 5.41) is 3.87. The number of piperidine rings is 1. The molecule has 4 rings (SSSR count). The highest BCUT2D eigenvalue weighted by Crippen LogP contribution is 2.29. The third kappa shape index (κ3) is 4.07. The van der Waals surface area contributed by atoms with Crippen LogP contribution in [0.15, 0.2) is 42.7 Å². The van der Waals surface area contributed by atoms with Gasteiger partial charge in [0.2, 0.25) is 0 Å². The van der Waals surface area contributed by atoms with Gasteiger partial charge in [-0.2, -0.15) is 0 Å². The number of aromatic nitrogens is 2. The summed E-state index contributed by atoms with van der Waals surface area (Å²) in [7, 11) is 0. The number of anilines is 3. The summed E-state index contributed by atoms with van der Waals surface area (Å²) in [6, 6.07) is 9.91. The van der Waals surface area contributed by atoms with E-state index in [1.807, 2.05) is 18.2 Å². The fourth-order valence-corrected chi connectivity index (χ4v) is 3.91. The van der Waals surface area contributed by atoms with Crippen molar-refractivity contribution in [2.45, 2.75) is 38.6 Å². The van der Waals surface area contributed by atoms with Crippen molar-refractivity contribution in [2.75, 3.05) is 29.0 Å². The van der Waals surface area contributed by atoms with Crippen LogP contribution in [0, 0.1) is 0 Å². The number of hydrogen-bond donors (Lipinski definition) is 3. The Morgan fingerprint density at radius 1 is 1.27 bits per heavy atom. The Bertz CT molecular complexity index is 1080. The Morgan fingerprint density at radius 3 is 2.87 bits per heavy atom. The maximum Gasteiger partial charge on any atom is 0.276 e. The molecule has 7 heteroatoms. The van der Waals surface area contributed by atoms with Crippen LogP contribution < -0.4 is 21.7 Å². The third-order valence-corrected chi connectivity index (χ3v) is 5.60. The van der Waals surface area contributed by atoms with Crippen LogP contribution in [0.2, 0.25) is 0 Å². The van der Waals surface area contributed by atoms with Gasteiger partial charge < -0.3 is 21.7 Å². The molecule has 0 unspecified atom stereocenters. The predicted octanol–water partition coefficient (Wildman–Crippen LogP) is 3.52. The number of nitrogen functional groups attached to an aromatic ring is 1. The van der Waals surface area contributed by atoms with Crippen molar-refractivity contribution in [3.63, 3.8) is 0 Å². The summed E-state index contributed by atoms with van der Waals surface area (Å²) < 4.78 is 0. The van der Waals surface area contributed by atoms with Crippen molar-refractivity contribution in [1.29, 1.82) is 0 Å². The molecule has 2 aromatic heterocycles. The molecular weight excluding hydrogens is 376 g/mol. The Labute approximate surface area is 176 Å². The van der Waals surface area contributed by atoms with E-state index in [0.29, 0.717) is 17.3 Å². The van der Waals surface area contributed by atoms with Crippen molar-refractivity contribution in [3.8, 4) is 0 Å². The minimum atomic E-state index is -0.347. The molecule has 1 aliphatic rings. The number of benzene rings is 1. The van der Waals surface area contributed by atoms with Gasteiger partial charge in [-0.1, -0.05) is 26.0 Å². The van der Waals surface area contributed by atoms with Gasteiger partial charge in [0.05, 0.1) is 28.8 Å². The molecule has 1 aliphatic heterocycles. The molecule has 30 heavy (non-hydrogen) atoms. The number of rotatable bonds is 4. The van der Waals surface area contributed by atoms with Crippen LogP contribution >= 0.6 is 0 Å². The first kappa shape index (κ1) is 20.1. The molecule has 0 aliphatic carbocycles. The zero-order chi connectivity index (χ0) is 21.3. The molecule has 0 spiro atoms. The lowest BCUT2D eigenvalue weighted by atomic mass is 10.0. The normalized spacial score (nSPS) is 16.8. The standard InChI is InChI=1S/C23H28N6O/c1-14(2)15-5-6-16-10-18(25)22(27-19(16)11-15)23(30)28-20-12-26-8-7-21(20)29-9-3-4-17(24)13-29/h5-8,10-12,14,17H,3-4,9,13,24-25H2,1-2H3,(H,28,30)/t17-/m0/s1. The van der Waals surface area contributed by atoms with E-state index in [0.717, 1.165) is 42.5 Å². The second-order valence-electron chi connectivity index (χ2n) is 8.23. The van der Waals surface area contributed by atoms with E-state index in [1.165, 1.54) is 5.56 Å². The van der Waals surface area contributed by atoms with Gasteiger partial charge in [0.15, 0.2) is 5.69 Å². The van der Waals surface area contributed by atoms with Crippen LogP contribution in [0.4, 0.5) is 17.1 Å². The van der Waals surface area contributed by atoms with Crippen LogP contribution in [0.25, 0.3) is 10.9 Å². The minimum absolute atomic E-state index is 0.128. The van der Waals surface area contributed by atoms with E-state index < -0.39 is 0 Å². The predicted molar refractivity (Wildman–Crippen MR) is 122 cm³/mol. The second-order valence-corrected chi connectivity index (χ2v) is 8.23. The van der Waals surface area contributed by atoms with Crippen molar-refractivity contribution in [3.05, 3.63) is 54.0 Å². The van der Waals surface area contributed by atoms with Crippen molar-refractivity contribution < 1.29 is 4.79 Å². The van der Waals surface area contributed by atoms with E-state index in [9.17, 15) is 4.79 Å². The first-order valence-electron chi connectivity index (χ1n) is 10.4. The Balaban J connectivity index is 1.64. The number of amides is 1. The molecule has 1 amide bonds. The smallest absolute Gasteiger partial charge is 0.276 e. The lowest BCUT2D eigenvalue weighted by Crippen LogP contribution is -2.43. The fourth-order valence-electron chi connectivity index (χ4n) is 3.91. The van der Waals surface area contributed by atoms with Crippen molar-refractivity contribution in [2.24, 2.45) is 5.73 Å². The Kier molecular flexibility index (Phi) is 5.55. The van der Waals surface area contributed by atoms with Crippen LogP contribution in [-0.2, 0) is 0 Å². The zero-order valence-corrected chi connectivity index (χ0v) is 17.4. The van der Waals surface area contributed by atoms with Crippen LogP contribution in [-0.4, -0.2) is 35.0 Å². The molecule has 1 fully saturated rings. The Hall–Kier alpha value is -3.19. The third-order valence-electron chi connectivity index (χ3n) is 5.60. The molecule has 3 heterocycles. The number of fused-ring (bicyclic) bond motifs is 1. The fraction of sp³-hybridized carbons (Fsp3) is 0.348. The average Bonchev–Trinajstić information content (AvgIpc) is 2.73. The minimum Gasteiger partial charge on any atom is -0.397 e. The van der Waals surface area contributed by atoms with Crippen molar-refractivity contribution >= 4 is 33.9 Å². The molecular formula is C23H28N6O. The molecule has 1 aromatic carbocycles. The van der Waals surface area contributed by atoms with Gasteiger partial charge in [-0.05, 0) is 42.5 Å². The number of carbonyl (C=O) groups excluding carboxylic acids is 1. The maximum atomic E-state index is 13.1. The first-order valence-corrected chi connectivity index (χ1v) is 10.4. The first-order chi connectivity index (χ1) is 14.4. The molecule has 0 radical (unpaired) electrons. The SMILES string of the molecule is CC(C)c1ccc2cc(N)c(C(=O)Nc3cnccc3N3CCC[C@H](N)C3)nc2c1. The molecule has 3 aromatic rings. The van der Waals surface area contributed by atoms with Gasteiger partial charge in [-0.15, -0.1) is 0 Å². The molecule has 7 nitrogen and oxygen atoms in total. The van der Waals surface area contributed by atoms with E-state index in [1.54, 1.807) is 18.5 Å². The van der Waals surface area contributed by atoms with E-state index in [-0.39, 0.29) is 17.6 Å². The summed E-state index contributed by atoms with van der Waals surface area (Å²) in [6.45, 7) is 5.90. The molecule has 156 valence electrons. The molecule has 0 bridgehead atoms. The number of nitrogens with two attached hydrogens (primary N) is 2. The van der Waals surface area contributed by atoms with Gasteiger partial charge in [0.25, 0.3) is 5.91 Å². The summed E-state index contributed by atoms with van der Waals surface area (Å²) in [6.07, 6.45) is 5.41. The van der Waals surface area contributed by atoms with Gasteiger partial charge >= 0.3 is 0 Å². The zero-order valence-electron chi connectivity index (χ0n) is 17.4. The Morgan fingerprint density at radius 2 is 2.10 bits per heavy atom. The lowest BCUT2D eigenvalue weighted by Gasteiger charge is -2.33. The summed E-state index contributed by atoms with van der Waals surface area (Å²) in [5.41, 5.74) is 16.4. The van der Waals surface area contributed by atoms with E-state index >= 15 is 0 Å². The van der Waals surface area contributed by atoms with E-state index in [2.05, 4.69) is 40.1 Å². The second kappa shape index (κ2) is 8.28. The van der Waals surface area contributed by atoms with E-state index in [4.69, 9.17) is 11.5 Å². The highest BCUT2D eigenvalue weighted by molar-refractivity contribution is 6.09. The van der Waals surface area contributed by atoms with Crippen LogP contribution in [0.3, 0.4) is 0 Å². The van der Waals surface area contributed by atoms with Crippen LogP contribution in [0.1, 0.15) is 48.7 Å². The molecule has 5 N–H and O–H groups in total. The quantitative estimate of drug-likeness (QED) is 0.614. The summed E-state index contributed by atoms with van der Waals surface area (Å²) >= 11 is 0. The van der Waals surface area contributed by atoms with Gasteiger partial charge in [0.1, 0.15) is 0 Å². The number of hydrogen-bond acceptors (Lipinski definition) is 6. The van der Waals surface area contributed by atoms with Crippen molar-refractivity contribution in [1.82, 2.24) is 9.97 Å². The molecule has 0 saturated carbocycles. The molecule has 1 atom stereocenters. The average molecular weight is 405 g/mol. The highest BCUT2D eigenvalue weighted by atomic mass is 16.1. The van der Waals surface area contributed by atoms with Gasteiger partial charge in [-0.25, -0.2) is 4.98 Å². The number of nitrogens with zero attached hydrogens (tertiary/aromatic N) is 3. The largest absolute Gasteiger partial charge is 0.397 e. The van der Waals surface area contributed by atoms with Gasteiger partial charge in [0, 0.05) is 30.7 Å². The van der Waals surface area contributed by atoms with Crippen LogP contribution in [0.5, 0.6) is 0 Å². The maximum absolute atomic E-state index is 13.1. The lowest BCUT2D eigenvalue weighted by molar-refractivity contribution is 0.102. The summed E-state index contributed by atoms with van der Waals surface area (Å²) in [4.78, 5) is 24.0. The number of nitrogens with one attached hydrogen (secondary N) is 1.